The second-order valence-corrected chi connectivity index (χ2v) is 15.0. The van der Waals surface area contributed by atoms with Crippen LogP contribution in [0.3, 0.4) is 0 Å². The summed E-state index contributed by atoms with van der Waals surface area (Å²) in [7, 11) is -0.586. The molecule has 1 aliphatic heterocycles. The fraction of sp³-hybridized carbons (Fsp3) is 0.196. The molecule has 1 aromatic heterocycles. The third-order valence-electron chi connectivity index (χ3n) is 11.4. The van der Waals surface area contributed by atoms with Gasteiger partial charge in [0.2, 0.25) is 0 Å². The van der Waals surface area contributed by atoms with Crippen LogP contribution in [0.5, 0.6) is 0 Å². The average molecular weight is 678 g/mol. The standard InChI is InChI=1S/C46H40BN3O2/c1-44(2)45(3,4)52-47(51-44)35-29-37(43-49-41(31-19-9-5-10-20-31)48-42(50-43)32-21-11-6-12-22-32)40-36-27-17-18-28-38(36)46(39(40)30-35,33-23-13-7-14-24-33)34-25-15-8-16-26-34/h5-25,27-30,34H,26H2,1-4H3. The van der Waals surface area contributed by atoms with E-state index in [4.69, 9.17) is 24.3 Å². The highest BCUT2D eigenvalue weighted by molar-refractivity contribution is 6.62. The molecule has 2 atom stereocenters. The summed E-state index contributed by atoms with van der Waals surface area (Å²) in [6.45, 7) is 8.42. The van der Waals surface area contributed by atoms with Gasteiger partial charge in [-0.1, -0.05) is 152 Å². The summed E-state index contributed by atoms with van der Waals surface area (Å²) < 4.78 is 13.6. The van der Waals surface area contributed by atoms with E-state index < -0.39 is 23.7 Å². The molecule has 6 heteroatoms. The number of nitrogens with zero attached hydrogens (tertiary/aromatic N) is 3. The molecule has 3 aliphatic rings. The van der Waals surface area contributed by atoms with Gasteiger partial charge in [-0.05, 0) is 73.3 Å². The summed E-state index contributed by atoms with van der Waals surface area (Å²) in [5.74, 6) is 2.02. The average Bonchev–Trinajstić information content (AvgIpc) is 3.61. The second-order valence-electron chi connectivity index (χ2n) is 15.0. The molecular formula is C46H40BN3O2. The summed E-state index contributed by atoms with van der Waals surface area (Å²) in [6, 6.07) is 44.7. The van der Waals surface area contributed by atoms with Crippen molar-refractivity contribution in [1.29, 1.82) is 0 Å². The van der Waals surface area contributed by atoms with Gasteiger partial charge in [-0.25, -0.2) is 15.0 Å². The topological polar surface area (TPSA) is 57.1 Å². The van der Waals surface area contributed by atoms with Crippen LogP contribution in [-0.2, 0) is 14.7 Å². The Kier molecular flexibility index (Phi) is 7.72. The van der Waals surface area contributed by atoms with Crippen LogP contribution in [-0.4, -0.2) is 33.3 Å². The van der Waals surface area contributed by atoms with E-state index in [0.717, 1.165) is 34.1 Å². The number of hydrogen-bond acceptors (Lipinski definition) is 5. The Bertz CT molecular complexity index is 2280. The van der Waals surface area contributed by atoms with Crippen LogP contribution in [0, 0.1) is 5.92 Å². The molecule has 9 rings (SSSR count). The molecule has 2 aliphatic carbocycles. The molecule has 0 N–H and O–H groups in total. The number of hydrogen-bond donors (Lipinski definition) is 0. The van der Waals surface area contributed by atoms with Crippen molar-refractivity contribution in [3.63, 3.8) is 0 Å². The molecule has 1 fully saturated rings. The minimum Gasteiger partial charge on any atom is -0.399 e. The molecule has 0 spiro atoms. The van der Waals surface area contributed by atoms with Crippen molar-refractivity contribution in [3.8, 4) is 45.3 Å². The lowest BCUT2D eigenvalue weighted by Gasteiger charge is -2.40. The monoisotopic (exact) mass is 677 g/mol. The number of aromatic nitrogens is 3. The Morgan fingerprint density at radius 3 is 1.73 bits per heavy atom. The summed E-state index contributed by atoms with van der Waals surface area (Å²) in [4.78, 5) is 15.6. The Hall–Kier alpha value is -5.43. The maximum Gasteiger partial charge on any atom is 0.494 e. The molecule has 52 heavy (non-hydrogen) atoms. The molecule has 5 nitrogen and oxygen atoms in total. The number of rotatable bonds is 6. The van der Waals surface area contributed by atoms with E-state index in [1.807, 2.05) is 36.4 Å². The first kappa shape index (κ1) is 32.5. The minimum absolute atomic E-state index is 0.154. The zero-order valence-corrected chi connectivity index (χ0v) is 30.0. The third kappa shape index (κ3) is 5.12. The van der Waals surface area contributed by atoms with Crippen LogP contribution in [0.2, 0.25) is 0 Å². The largest absolute Gasteiger partial charge is 0.494 e. The molecule has 0 radical (unpaired) electrons. The highest BCUT2D eigenvalue weighted by Crippen LogP contribution is 2.59. The van der Waals surface area contributed by atoms with E-state index in [1.165, 1.54) is 22.3 Å². The molecular weight excluding hydrogens is 637 g/mol. The van der Waals surface area contributed by atoms with E-state index in [1.54, 1.807) is 0 Å². The highest BCUT2D eigenvalue weighted by atomic mass is 16.7. The van der Waals surface area contributed by atoms with Crippen LogP contribution in [0.4, 0.5) is 0 Å². The van der Waals surface area contributed by atoms with Crippen molar-refractivity contribution in [2.45, 2.75) is 50.7 Å². The number of allylic oxidation sites excluding steroid dienone is 4. The van der Waals surface area contributed by atoms with Gasteiger partial charge >= 0.3 is 7.12 Å². The van der Waals surface area contributed by atoms with Gasteiger partial charge in [-0.15, -0.1) is 0 Å². The maximum atomic E-state index is 6.78. The van der Waals surface area contributed by atoms with Crippen molar-refractivity contribution in [1.82, 2.24) is 15.0 Å². The van der Waals surface area contributed by atoms with Gasteiger partial charge in [0.05, 0.1) is 16.6 Å². The van der Waals surface area contributed by atoms with Crippen LogP contribution >= 0.6 is 0 Å². The van der Waals surface area contributed by atoms with Gasteiger partial charge in [0.15, 0.2) is 17.5 Å². The zero-order valence-electron chi connectivity index (χ0n) is 30.0. The summed E-state index contributed by atoms with van der Waals surface area (Å²) in [5, 5.41) is 0. The van der Waals surface area contributed by atoms with Gasteiger partial charge in [0.1, 0.15) is 0 Å². The predicted octanol–water partition coefficient (Wildman–Crippen LogP) is 9.62. The molecule has 5 aromatic carbocycles. The molecule has 6 aromatic rings. The fourth-order valence-electron chi connectivity index (χ4n) is 8.20. The SMILES string of the molecule is CC1(C)OB(c2cc(-c3nc(-c4ccccc4)nc(-c4ccccc4)n3)c3c(c2)C(c2ccccc2)(C2C=CC=CC2)c2ccccc2-3)OC1(C)C. The smallest absolute Gasteiger partial charge is 0.399 e. The van der Waals surface area contributed by atoms with Gasteiger partial charge in [0, 0.05) is 16.7 Å². The van der Waals surface area contributed by atoms with Crippen molar-refractivity contribution < 1.29 is 9.31 Å². The highest BCUT2D eigenvalue weighted by Gasteiger charge is 2.54. The molecule has 1 saturated heterocycles. The van der Waals surface area contributed by atoms with Crippen molar-refractivity contribution in [3.05, 3.63) is 168 Å². The lowest BCUT2D eigenvalue weighted by molar-refractivity contribution is 0.00578. The summed E-state index contributed by atoms with van der Waals surface area (Å²) in [5.41, 5.74) is 8.25. The summed E-state index contributed by atoms with van der Waals surface area (Å²) >= 11 is 0. The van der Waals surface area contributed by atoms with Gasteiger partial charge in [0.25, 0.3) is 0 Å². The van der Waals surface area contributed by atoms with E-state index >= 15 is 0 Å². The molecule has 0 saturated carbocycles. The van der Waals surface area contributed by atoms with Gasteiger partial charge < -0.3 is 9.31 Å². The van der Waals surface area contributed by atoms with Gasteiger partial charge in [-0.2, -0.15) is 0 Å². The molecule has 2 heterocycles. The fourth-order valence-corrected chi connectivity index (χ4v) is 8.20. The van der Waals surface area contributed by atoms with Crippen LogP contribution < -0.4 is 5.46 Å². The Balaban J connectivity index is 1.39. The summed E-state index contributed by atoms with van der Waals surface area (Å²) in [6.07, 6.45) is 9.92. The van der Waals surface area contributed by atoms with Crippen molar-refractivity contribution >= 4 is 12.6 Å². The molecule has 254 valence electrons. The van der Waals surface area contributed by atoms with E-state index in [0.29, 0.717) is 17.5 Å². The minimum atomic E-state index is -0.586. The van der Waals surface area contributed by atoms with Crippen LogP contribution in [0.15, 0.2) is 152 Å². The van der Waals surface area contributed by atoms with Crippen molar-refractivity contribution in [2.24, 2.45) is 5.92 Å². The zero-order chi connectivity index (χ0) is 35.5. The predicted molar refractivity (Wildman–Crippen MR) is 210 cm³/mol. The van der Waals surface area contributed by atoms with Crippen LogP contribution in [0.1, 0.15) is 50.8 Å². The molecule has 0 amide bonds. The van der Waals surface area contributed by atoms with Crippen molar-refractivity contribution in [2.75, 3.05) is 0 Å². The third-order valence-corrected chi connectivity index (χ3v) is 11.4. The second kappa shape index (κ2) is 12.4. The first-order valence-electron chi connectivity index (χ1n) is 18.2. The first-order valence-corrected chi connectivity index (χ1v) is 18.2. The molecule has 0 bridgehead atoms. The number of benzene rings is 5. The number of fused-ring (bicyclic) bond motifs is 3. The van der Waals surface area contributed by atoms with Gasteiger partial charge in [-0.3, -0.25) is 0 Å². The van der Waals surface area contributed by atoms with E-state index in [2.05, 4.69) is 143 Å². The Labute approximate surface area is 306 Å². The van der Waals surface area contributed by atoms with E-state index in [-0.39, 0.29) is 5.92 Å². The van der Waals surface area contributed by atoms with E-state index in [9.17, 15) is 0 Å². The normalized spacial score (nSPS) is 20.8. The first-order chi connectivity index (χ1) is 25.3. The lowest BCUT2D eigenvalue weighted by atomic mass is 9.61. The van der Waals surface area contributed by atoms with Crippen LogP contribution in [0.25, 0.3) is 45.3 Å². The molecule has 2 unspecified atom stereocenters. The Morgan fingerprint density at radius 2 is 1.13 bits per heavy atom. The lowest BCUT2D eigenvalue weighted by Crippen LogP contribution is -2.41. The maximum absolute atomic E-state index is 6.78. The Morgan fingerprint density at radius 1 is 0.577 bits per heavy atom. The quantitative estimate of drug-likeness (QED) is 0.164.